The second-order valence-electron chi connectivity index (χ2n) is 8.72. The van der Waals surface area contributed by atoms with Crippen molar-refractivity contribution in [1.29, 1.82) is 0 Å². The monoisotopic (exact) mass is 440 g/mol. The fraction of sp³-hybridized carbons (Fsp3) is 0.360. The molecule has 1 aromatic heterocycles. The third-order valence-electron chi connectivity index (χ3n) is 6.46. The number of benzene rings is 2. The molecule has 1 aliphatic carbocycles. The predicted octanol–water partition coefficient (Wildman–Crippen LogP) is 4.14. The molecule has 0 amide bonds. The molecule has 1 saturated heterocycles. The molecule has 2 aliphatic rings. The van der Waals surface area contributed by atoms with Crippen molar-refractivity contribution in [3.8, 4) is 10.4 Å². The molecule has 6 heteroatoms. The Bertz CT molecular complexity index is 1100. The highest BCUT2D eigenvalue weighted by atomic mass is 32.1. The first-order valence-electron chi connectivity index (χ1n) is 10.5. The molecule has 31 heavy (non-hydrogen) atoms. The maximum Gasteiger partial charge on any atom is 0.123 e. The summed E-state index contributed by atoms with van der Waals surface area (Å²) in [6.45, 7) is 2.05. The maximum atomic E-state index is 13.2. The molecular formula is C25H25FO4S. The Hall–Kier alpha value is -2.09. The van der Waals surface area contributed by atoms with E-state index in [4.69, 9.17) is 4.74 Å². The van der Waals surface area contributed by atoms with E-state index in [-0.39, 0.29) is 12.2 Å². The average molecular weight is 441 g/mol. The minimum absolute atomic E-state index is 0.245. The van der Waals surface area contributed by atoms with E-state index in [1.807, 2.05) is 25.1 Å². The van der Waals surface area contributed by atoms with Gasteiger partial charge in [-0.15, -0.1) is 11.3 Å². The molecule has 2 fully saturated rings. The van der Waals surface area contributed by atoms with Gasteiger partial charge in [-0.2, -0.15) is 0 Å². The van der Waals surface area contributed by atoms with Crippen molar-refractivity contribution in [3.05, 3.63) is 82.0 Å². The summed E-state index contributed by atoms with van der Waals surface area (Å²) >= 11 is 1.67. The van der Waals surface area contributed by atoms with Crippen LogP contribution in [0.25, 0.3) is 10.4 Å². The van der Waals surface area contributed by atoms with Crippen LogP contribution in [0.3, 0.4) is 0 Å². The van der Waals surface area contributed by atoms with E-state index in [1.165, 1.54) is 17.0 Å². The molecule has 1 saturated carbocycles. The second-order valence-corrected chi connectivity index (χ2v) is 9.89. The van der Waals surface area contributed by atoms with Crippen LogP contribution in [0.5, 0.6) is 0 Å². The van der Waals surface area contributed by atoms with E-state index in [2.05, 4.69) is 12.1 Å². The van der Waals surface area contributed by atoms with Gasteiger partial charge in [-0.3, -0.25) is 0 Å². The number of thiophene rings is 1. The number of aliphatic hydroxyl groups is 3. The minimum Gasteiger partial charge on any atom is -0.390 e. The highest BCUT2D eigenvalue weighted by molar-refractivity contribution is 7.15. The molecule has 5 rings (SSSR count). The number of halogens is 1. The maximum absolute atomic E-state index is 13.2. The van der Waals surface area contributed by atoms with E-state index in [9.17, 15) is 19.7 Å². The van der Waals surface area contributed by atoms with Crippen LogP contribution in [0.4, 0.5) is 4.39 Å². The Morgan fingerprint density at radius 1 is 1.03 bits per heavy atom. The Labute approximate surface area is 184 Å². The highest BCUT2D eigenvalue weighted by Crippen LogP contribution is 2.51. The molecular weight excluding hydrogens is 415 g/mol. The van der Waals surface area contributed by atoms with Crippen molar-refractivity contribution in [2.45, 2.75) is 56.2 Å². The van der Waals surface area contributed by atoms with Crippen LogP contribution in [-0.4, -0.2) is 39.2 Å². The normalized spacial score (nSPS) is 30.0. The number of ether oxygens (including phenoxy) is 1. The lowest BCUT2D eigenvalue weighted by molar-refractivity contribution is -0.191. The van der Waals surface area contributed by atoms with Crippen LogP contribution in [0.15, 0.2) is 54.6 Å². The zero-order valence-electron chi connectivity index (χ0n) is 17.2. The highest BCUT2D eigenvalue weighted by Gasteiger charge is 2.61. The summed E-state index contributed by atoms with van der Waals surface area (Å²) in [4.78, 5) is 2.27. The average Bonchev–Trinajstić information content (AvgIpc) is 3.13. The third-order valence-corrected chi connectivity index (χ3v) is 7.60. The lowest BCUT2D eigenvalue weighted by Crippen LogP contribution is -2.46. The van der Waals surface area contributed by atoms with Gasteiger partial charge in [0.25, 0.3) is 0 Å². The van der Waals surface area contributed by atoms with Crippen molar-refractivity contribution >= 4 is 11.3 Å². The second kappa shape index (κ2) is 7.80. The fourth-order valence-corrected chi connectivity index (χ4v) is 5.45. The van der Waals surface area contributed by atoms with Crippen molar-refractivity contribution in [3.63, 3.8) is 0 Å². The number of aryl methyl sites for hydroxylation is 1. The zero-order chi connectivity index (χ0) is 21.8. The lowest BCUT2D eigenvalue weighted by Gasteiger charge is -2.38. The van der Waals surface area contributed by atoms with Crippen molar-refractivity contribution in [2.24, 2.45) is 0 Å². The largest absolute Gasteiger partial charge is 0.390 e. The zero-order valence-corrected chi connectivity index (χ0v) is 18.0. The molecule has 2 heterocycles. The van der Waals surface area contributed by atoms with Crippen LogP contribution >= 0.6 is 11.3 Å². The lowest BCUT2D eigenvalue weighted by atomic mass is 9.90. The molecule has 2 aromatic carbocycles. The van der Waals surface area contributed by atoms with Gasteiger partial charge in [0, 0.05) is 29.0 Å². The van der Waals surface area contributed by atoms with E-state index in [0.29, 0.717) is 6.42 Å². The molecule has 1 aliphatic heterocycles. The SMILES string of the molecule is Cc1ccc([C@@H]2OC3(C[C@H]3O)C[C@H](O)[C@H]2O)cc1Cc1ccc(-c2ccc(F)cc2)s1. The molecule has 3 N–H and O–H groups in total. The summed E-state index contributed by atoms with van der Waals surface area (Å²) in [5.41, 5.74) is 3.31. The molecule has 1 unspecified atom stereocenters. The van der Waals surface area contributed by atoms with Crippen LogP contribution in [-0.2, 0) is 11.2 Å². The van der Waals surface area contributed by atoms with Gasteiger partial charge in [-0.05, 0) is 53.4 Å². The summed E-state index contributed by atoms with van der Waals surface area (Å²) in [7, 11) is 0. The van der Waals surface area contributed by atoms with Gasteiger partial charge < -0.3 is 20.1 Å². The molecule has 1 spiro atoms. The summed E-state index contributed by atoms with van der Waals surface area (Å²) < 4.78 is 19.3. The molecule has 4 nitrogen and oxygen atoms in total. The van der Waals surface area contributed by atoms with Gasteiger partial charge in [0.05, 0.1) is 12.2 Å². The Morgan fingerprint density at radius 2 is 1.77 bits per heavy atom. The molecule has 5 atom stereocenters. The predicted molar refractivity (Wildman–Crippen MR) is 118 cm³/mol. The fourth-order valence-electron chi connectivity index (χ4n) is 4.42. The van der Waals surface area contributed by atoms with Crippen molar-refractivity contribution in [1.82, 2.24) is 0 Å². The molecule has 0 radical (unpaired) electrons. The standard InChI is InChI=1S/C25H25FO4S/c1-14-2-3-16(24-23(29)20(27)12-25(30-24)13-22(25)28)10-17(14)11-19-8-9-21(31-19)15-4-6-18(26)7-5-15/h2-10,20,22-24,27-29H,11-13H2,1H3/t20-,22+,23+,24-,25?/m0/s1. The van der Waals surface area contributed by atoms with Gasteiger partial charge >= 0.3 is 0 Å². The topological polar surface area (TPSA) is 69.9 Å². The van der Waals surface area contributed by atoms with Crippen LogP contribution in [0.2, 0.25) is 0 Å². The Morgan fingerprint density at radius 3 is 2.48 bits per heavy atom. The summed E-state index contributed by atoms with van der Waals surface area (Å²) in [6, 6.07) is 16.6. The number of hydrogen-bond acceptors (Lipinski definition) is 5. The number of rotatable bonds is 4. The summed E-state index contributed by atoms with van der Waals surface area (Å²) in [6.07, 6.45) is -1.72. The van der Waals surface area contributed by atoms with Crippen LogP contribution in [0.1, 0.15) is 40.5 Å². The van der Waals surface area contributed by atoms with Gasteiger partial charge in [0.1, 0.15) is 23.6 Å². The number of hydrogen-bond donors (Lipinski definition) is 3. The summed E-state index contributed by atoms with van der Waals surface area (Å²) in [5.74, 6) is -0.245. The van der Waals surface area contributed by atoms with Crippen molar-refractivity contribution in [2.75, 3.05) is 0 Å². The first kappa shape index (κ1) is 20.8. The van der Waals surface area contributed by atoms with Gasteiger partial charge in [0.15, 0.2) is 0 Å². The molecule has 0 bridgehead atoms. The summed E-state index contributed by atoms with van der Waals surface area (Å²) in [5, 5.41) is 30.9. The molecule has 162 valence electrons. The quantitative estimate of drug-likeness (QED) is 0.570. The van der Waals surface area contributed by atoms with Crippen molar-refractivity contribution < 1.29 is 24.4 Å². The first-order chi connectivity index (χ1) is 14.8. The Kier molecular flexibility index (Phi) is 5.23. The van der Waals surface area contributed by atoms with E-state index in [1.54, 1.807) is 23.5 Å². The van der Waals surface area contributed by atoms with E-state index in [0.717, 1.165) is 33.6 Å². The smallest absolute Gasteiger partial charge is 0.123 e. The first-order valence-corrected chi connectivity index (χ1v) is 11.3. The van der Waals surface area contributed by atoms with E-state index >= 15 is 0 Å². The third kappa shape index (κ3) is 3.95. The van der Waals surface area contributed by atoms with E-state index < -0.39 is 30.0 Å². The Balaban J connectivity index is 1.39. The molecule has 3 aromatic rings. The van der Waals surface area contributed by atoms with Gasteiger partial charge in [-0.1, -0.05) is 30.3 Å². The number of aliphatic hydroxyl groups excluding tert-OH is 3. The van der Waals surface area contributed by atoms with Crippen LogP contribution < -0.4 is 0 Å². The van der Waals surface area contributed by atoms with Gasteiger partial charge in [-0.25, -0.2) is 4.39 Å². The minimum atomic E-state index is -1.03. The van der Waals surface area contributed by atoms with Gasteiger partial charge in [0.2, 0.25) is 0 Å². The van der Waals surface area contributed by atoms with Crippen LogP contribution in [0, 0.1) is 12.7 Å².